The first kappa shape index (κ1) is 13.0. The highest BCUT2D eigenvalue weighted by atomic mass is 35.5. The fourth-order valence-electron chi connectivity index (χ4n) is 1.25. The second-order valence-electron chi connectivity index (χ2n) is 3.88. The van der Waals surface area contributed by atoms with Crippen LogP contribution in [-0.4, -0.2) is 28.0 Å². The van der Waals surface area contributed by atoms with E-state index in [0.29, 0.717) is 11.7 Å². The summed E-state index contributed by atoms with van der Waals surface area (Å²) in [5.74, 6) is 0.789. The molecule has 0 bridgehead atoms. The summed E-state index contributed by atoms with van der Waals surface area (Å²) >= 11 is 5.83. The molecule has 0 unspecified atom stereocenters. The molecule has 6 heteroatoms. The SMILES string of the molecule is CC(C)NC(=O)CNCc1ncc(Cl)n1C. The molecule has 16 heavy (non-hydrogen) atoms. The molecule has 0 radical (unpaired) electrons. The van der Waals surface area contributed by atoms with E-state index >= 15 is 0 Å². The molecule has 1 heterocycles. The topological polar surface area (TPSA) is 59.0 Å². The number of hydrogen-bond donors (Lipinski definition) is 2. The van der Waals surface area contributed by atoms with E-state index in [0.717, 1.165) is 5.82 Å². The molecule has 2 N–H and O–H groups in total. The second kappa shape index (κ2) is 5.86. The zero-order chi connectivity index (χ0) is 12.1. The van der Waals surface area contributed by atoms with Crippen molar-refractivity contribution in [1.82, 2.24) is 20.2 Å². The van der Waals surface area contributed by atoms with Crippen molar-refractivity contribution in [3.8, 4) is 0 Å². The van der Waals surface area contributed by atoms with E-state index in [1.54, 1.807) is 10.8 Å². The third kappa shape index (κ3) is 3.83. The number of rotatable bonds is 5. The van der Waals surface area contributed by atoms with Crippen LogP contribution in [0.5, 0.6) is 0 Å². The number of halogens is 1. The third-order valence-electron chi connectivity index (χ3n) is 2.05. The van der Waals surface area contributed by atoms with Crippen LogP contribution in [0.15, 0.2) is 6.20 Å². The van der Waals surface area contributed by atoms with E-state index in [-0.39, 0.29) is 18.5 Å². The molecular weight excluding hydrogens is 228 g/mol. The average molecular weight is 245 g/mol. The molecule has 1 rings (SSSR count). The zero-order valence-electron chi connectivity index (χ0n) is 9.75. The van der Waals surface area contributed by atoms with Crippen LogP contribution in [0.4, 0.5) is 0 Å². The Labute approximate surface area is 100 Å². The lowest BCUT2D eigenvalue weighted by molar-refractivity contribution is -0.120. The van der Waals surface area contributed by atoms with Crippen LogP contribution < -0.4 is 10.6 Å². The Kier molecular flexibility index (Phi) is 4.76. The largest absolute Gasteiger partial charge is 0.353 e. The summed E-state index contributed by atoms with van der Waals surface area (Å²) in [5.41, 5.74) is 0. The highest BCUT2D eigenvalue weighted by molar-refractivity contribution is 6.29. The molecule has 0 fully saturated rings. The van der Waals surface area contributed by atoms with Gasteiger partial charge in [0.2, 0.25) is 5.91 Å². The maximum Gasteiger partial charge on any atom is 0.234 e. The van der Waals surface area contributed by atoms with Gasteiger partial charge in [-0.2, -0.15) is 0 Å². The fraction of sp³-hybridized carbons (Fsp3) is 0.600. The van der Waals surface area contributed by atoms with Crippen molar-refractivity contribution in [2.24, 2.45) is 7.05 Å². The quantitative estimate of drug-likeness (QED) is 0.801. The molecule has 90 valence electrons. The second-order valence-corrected chi connectivity index (χ2v) is 4.27. The van der Waals surface area contributed by atoms with Gasteiger partial charge in [-0.15, -0.1) is 0 Å². The van der Waals surface area contributed by atoms with E-state index in [9.17, 15) is 4.79 Å². The first-order valence-electron chi connectivity index (χ1n) is 5.17. The minimum atomic E-state index is -0.0182. The maximum absolute atomic E-state index is 11.3. The van der Waals surface area contributed by atoms with Gasteiger partial charge in [0.15, 0.2) is 0 Å². The van der Waals surface area contributed by atoms with Gasteiger partial charge in [0.1, 0.15) is 11.0 Å². The van der Waals surface area contributed by atoms with Crippen LogP contribution in [0, 0.1) is 0 Å². The number of nitrogens with zero attached hydrogens (tertiary/aromatic N) is 2. The first-order valence-corrected chi connectivity index (χ1v) is 5.54. The van der Waals surface area contributed by atoms with Gasteiger partial charge in [-0.05, 0) is 13.8 Å². The van der Waals surface area contributed by atoms with Crippen LogP contribution >= 0.6 is 11.6 Å². The van der Waals surface area contributed by atoms with Gasteiger partial charge in [0.25, 0.3) is 0 Å². The van der Waals surface area contributed by atoms with Crippen molar-refractivity contribution in [2.45, 2.75) is 26.4 Å². The van der Waals surface area contributed by atoms with Crippen molar-refractivity contribution < 1.29 is 4.79 Å². The van der Waals surface area contributed by atoms with Gasteiger partial charge in [-0.25, -0.2) is 4.98 Å². The van der Waals surface area contributed by atoms with Gasteiger partial charge in [-0.1, -0.05) is 11.6 Å². The van der Waals surface area contributed by atoms with Crippen LogP contribution in [0.3, 0.4) is 0 Å². The summed E-state index contributed by atoms with van der Waals surface area (Å²) < 4.78 is 1.77. The minimum absolute atomic E-state index is 0.0182. The summed E-state index contributed by atoms with van der Waals surface area (Å²) in [6, 6.07) is 0.164. The fourth-order valence-corrected chi connectivity index (χ4v) is 1.40. The van der Waals surface area contributed by atoms with Crippen molar-refractivity contribution in [2.75, 3.05) is 6.54 Å². The molecule has 0 saturated heterocycles. The molecule has 0 aromatic carbocycles. The summed E-state index contributed by atoms with van der Waals surface area (Å²) in [6.45, 7) is 4.66. The highest BCUT2D eigenvalue weighted by Crippen LogP contribution is 2.08. The highest BCUT2D eigenvalue weighted by Gasteiger charge is 2.06. The van der Waals surface area contributed by atoms with Gasteiger partial charge in [0, 0.05) is 13.1 Å². The molecule has 0 spiro atoms. The van der Waals surface area contributed by atoms with E-state index in [4.69, 9.17) is 11.6 Å². The molecule has 0 saturated carbocycles. The predicted octanol–water partition coefficient (Wildman–Crippen LogP) is 0.688. The normalized spacial score (nSPS) is 10.8. The molecule has 5 nitrogen and oxygen atoms in total. The predicted molar refractivity (Wildman–Crippen MR) is 63.2 cm³/mol. The Morgan fingerprint density at radius 3 is 2.81 bits per heavy atom. The molecule has 0 aliphatic rings. The van der Waals surface area contributed by atoms with Crippen molar-refractivity contribution >= 4 is 17.5 Å². The van der Waals surface area contributed by atoms with Gasteiger partial charge < -0.3 is 15.2 Å². The number of amides is 1. The Hall–Kier alpha value is -1.07. The summed E-state index contributed by atoms with van der Waals surface area (Å²) in [6.07, 6.45) is 1.59. The monoisotopic (exact) mass is 244 g/mol. The molecule has 1 aromatic rings. The minimum Gasteiger partial charge on any atom is -0.353 e. The Balaban J connectivity index is 2.31. The van der Waals surface area contributed by atoms with E-state index in [1.165, 1.54) is 0 Å². The number of carbonyl (C=O) groups is 1. The van der Waals surface area contributed by atoms with Crippen molar-refractivity contribution in [3.63, 3.8) is 0 Å². The molecule has 0 aliphatic carbocycles. The van der Waals surface area contributed by atoms with Crippen molar-refractivity contribution in [3.05, 3.63) is 17.2 Å². The van der Waals surface area contributed by atoms with E-state index in [2.05, 4.69) is 15.6 Å². The smallest absolute Gasteiger partial charge is 0.234 e. The molecule has 0 atom stereocenters. The Morgan fingerprint density at radius 1 is 1.62 bits per heavy atom. The van der Waals surface area contributed by atoms with Crippen LogP contribution in [-0.2, 0) is 18.4 Å². The molecular formula is C10H17ClN4O. The first-order chi connectivity index (χ1) is 7.50. The Bertz CT molecular complexity index is 362. The summed E-state index contributed by atoms with van der Waals surface area (Å²) in [5, 5.41) is 6.39. The lowest BCUT2D eigenvalue weighted by atomic mass is 10.4. The van der Waals surface area contributed by atoms with Crippen LogP contribution in [0.25, 0.3) is 0 Å². The standard InChI is InChI=1S/C10H17ClN4O/c1-7(2)14-10(16)6-12-5-9-13-4-8(11)15(9)3/h4,7,12H,5-6H2,1-3H3,(H,14,16). The number of hydrogen-bond acceptors (Lipinski definition) is 3. The van der Waals surface area contributed by atoms with Gasteiger partial charge in [-0.3, -0.25) is 4.79 Å². The molecule has 0 aliphatic heterocycles. The van der Waals surface area contributed by atoms with Crippen LogP contribution in [0.2, 0.25) is 5.15 Å². The lowest BCUT2D eigenvalue weighted by Crippen LogP contribution is -2.37. The number of aromatic nitrogens is 2. The average Bonchev–Trinajstić information content (AvgIpc) is 2.48. The van der Waals surface area contributed by atoms with Gasteiger partial charge in [0.05, 0.1) is 19.3 Å². The Morgan fingerprint density at radius 2 is 2.31 bits per heavy atom. The van der Waals surface area contributed by atoms with E-state index < -0.39 is 0 Å². The van der Waals surface area contributed by atoms with Gasteiger partial charge >= 0.3 is 0 Å². The number of imidazole rings is 1. The maximum atomic E-state index is 11.3. The number of carbonyl (C=O) groups excluding carboxylic acids is 1. The summed E-state index contributed by atoms with van der Waals surface area (Å²) in [7, 11) is 1.83. The number of nitrogens with one attached hydrogen (secondary N) is 2. The zero-order valence-corrected chi connectivity index (χ0v) is 10.5. The lowest BCUT2D eigenvalue weighted by Gasteiger charge is -2.09. The van der Waals surface area contributed by atoms with E-state index in [1.807, 2.05) is 20.9 Å². The third-order valence-corrected chi connectivity index (χ3v) is 2.40. The van der Waals surface area contributed by atoms with Crippen molar-refractivity contribution in [1.29, 1.82) is 0 Å². The summed E-state index contributed by atoms with van der Waals surface area (Å²) in [4.78, 5) is 15.4. The molecule has 1 amide bonds. The molecule has 1 aromatic heterocycles. The van der Waals surface area contributed by atoms with Crippen LogP contribution in [0.1, 0.15) is 19.7 Å².